The summed E-state index contributed by atoms with van der Waals surface area (Å²) < 4.78 is 5.29. The number of furan rings is 1. The highest BCUT2D eigenvalue weighted by molar-refractivity contribution is 8.05. The van der Waals surface area contributed by atoms with Gasteiger partial charge in [0.2, 0.25) is 0 Å². The van der Waals surface area contributed by atoms with Gasteiger partial charge < -0.3 is 9.32 Å². The molecule has 1 saturated carbocycles. The molecule has 1 amide bonds. The molecule has 1 aromatic heterocycles. The first-order valence-electron chi connectivity index (χ1n) is 6.83. The molecule has 3 unspecified atom stereocenters. The highest BCUT2D eigenvalue weighted by Gasteiger charge is 2.49. The zero-order valence-corrected chi connectivity index (χ0v) is 11.4. The fourth-order valence-corrected chi connectivity index (χ4v) is 4.56. The van der Waals surface area contributed by atoms with E-state index in [1.807, 2.05) is 23.1 Å². The van der Waals surface area contributed by atoms with E-state index in [9.17, 15) is 4.79 Å². The SMILES string of the molecule is O=C1C(=Cc2ccco2)SC2NC3CCCCC3N12. The zero-order valence-electron chi connectivity index (χ0n) is 10.5. The molecule has 0 radical (unpaired) electrons. The summed E-state index contributed by atoms with van der Waals surface area (Å²) in [7, 11) is 0. The molecule has 19 heavy (non-hydrogen) atoms. The van der Waals surface area contributed by atoms with Crippen LogP contribution < -0.4 is 5.32 Å². The third kappa shape index (κ3) is 1.83. The van der Waals surface area contributed by atoms with Gasteiger partial charge in [-0.1, -0.05) is 24.6 Å². The number of hydrogen-bond donors (Lipinski definition) is 1. The van der Waals surface area contributed by atoms with Gasteiger partial charge in [-0.2, -0.15) is 0 Å². The molecule has 5 heteroatoms. The first-order chi connectivity index (χ1) is 9.33. The van der Waals surface area contributed by atoms with Gasteiger partial charge in [-0.3, -0.25) is 10.1 Å². The van der Waals surface area contributed by atoms with E-state index in [1.165, 1.54) is 19.3 Å². The molecule has 2 aliphatic heterocycles. The van der Waals surface area contributed by atoms with E-state index in [2.05, 4.69) is 5.32 Å². The normalized spacial score (nSPS) is 35.8. The quantitative estimate of drug-likeness (QED) is 0.800. The Labute approximate surface area is 116 Å². The lowest BCUT2D eigenvalue weighted by atomic mass is 9.91. The second-order valence-corrected chi connectivity index (χ2v) is 6.45. The van der Waals surface area contributed by atoms with Crippen LogP contribution in [0.15, 0.2) is 27.7 Å². The minimum atomic E-state index is 0.127. The van der Waals surface area contributed by atoms with Gasteiger partial charge in [0, 0.05) is 12.1 Å². The predicted molar refractivity (Wildman–Crippen MR) is 74.1 cm³/mol. The molecular formula is C14H16N2O2S. The average molecular weight is 276 g/mol. The van der Waals surface area contributed by atoms with Gasteiger partial charge in [0.05, 0.1) is 11.2 Å². The lowest BCUT2D eigenvalue weighted by Crippen LogP contribution is -2.40. The van der Waals surface area contributed by atoms with Gasteiger partial charge in [0.15, 0.2) is 0 Å². The number of nitrogens with zero attached hydrogens (tertiary/aromatic N) is 1. The number of amides is 1. The van der Waals surface area contributed by atoms with E-state index in [0.717, 1.165) is 17.1 Å². The highest BCUT2D eigenvalue weighted by Crippen LogP contribution is 2.43. The molecule has 3 aliphatic rings. The highest BCUT2D eigenvalue weighted by atomic mass is 32.2. The van der Waals surface area contributed by atoms with Crippen molar-refractivity contribution in [1.82, 2.24) is 10.2 Å². The topological polar surface area (TPSA) is 45.5 Å². The van der Waals surface area contributed by atoms with Crippen molar-refractivity contribution < 1.29 is 9.21 Å². The molecule has 2 saturated heterocycles. The summed E-state index contributed by atoms with van der Waals surface area (Å²) in [6, 6.07) is 4.61. The minimum absolute atomic E-state index is 0.127. The third-order valence-electron chi connectivity index (χ3n) is 4.20. The number of hydrogen-bond acceptors (Lipinski definition) is 4. The lowest BCUT2D eigenvalue weighted by molar-refractivity contribution is -0.127. The molecule has 3 fully saturated rings. The first-order valence-corrected chi connectivity index (χ1v) is 7.71. The van der Waals surface area contributed by atoms with E-state index in [1.54, 1.807) is 18.0 Å². The van der Waals surface area contributed by atoms with Crippen LogP contribution in [0, 0.1) is 0 Å². The minimum Gasteiger partial charge on any atom is -0.465 e. The van der Waals surface area contributed by atoms with Crippen LogP contribution in [0.2, 0.25) is 0 Å². The summed E-state index contributed by atoms with van der Waals surface area (Å²) in [5, 5.41) is 3.59. The van der Waals surface area contributed by atoms with E-state index in [-0.39, 0.29) is 11.4 Å². The van der Waals surface area contributed by atoms with Crippen molar-refractivity contribution in [3.63, 3.8) is 0 Å². The fraction of sp³-hybridized carbons (Fsp3) is 0.500. The van der Waals surface area contributed by atoms with E-state index >= 15 is 0 Å². The van der Waals surface area contributed by atoms with Crippen LogP contribution in [0.4, 0.5) is 0 Å². The molecule has 4 rings (SSSR count). The van der Waals surface area contributed by atoms with Gasteiger partial charge in [0.25, 0.3) is 5.91 Å². The molecule has 100 valence electrons. The monoisotopic (exact) mass is 276 g/mol. The Kier molecular flexibility index (Phi) is 2.70. The average Bonchev–Trinajstić information content (AvgIpc) is 3.09. The summed E-state index contributed by atoms with van der Waals surface area (Å²) in [5.41, 5.74) is 0.127. The Morgan fingerprint density at radius 1 is 1.42 bits per heavy atom. The molecule has 4 nitrogen and oxygen atoms in total. The predicted octanol–water partition coefficient (Wildman–Crippen LogP) is 2.39. The first kappa shape index (κ1) is 11.6. The fourth-order valence-electron chi connectivity index (χ4n) is 3.32. The molecule has 0 spiro atoms. The second-order valence-electron chi connectivity index (χ2n) is 5.33. The summed E-state index contributed by atoms with van der Waals surface area (Å²) in [5.74, 6) is 0.908. The number of nitrogens with one attached hydrogen (secondary N) is 1. The third-order valence-corrected chi connectivity index (χ3v) is 5.33. The number of rotatable bonds is 1. The van der Waals surface area contributed by atoms with Crippen molar-refractivity contribution in [3.05, 3.63) is 29.1 Å². The summed E-state index contributed by atoms with van der Waals surface area (Å²) >= 11 is 1.62. The molecule has 1 aromatic rings. The Morgan fingerprint density at radius 3 is 3.16 bits per heavy atom. The maximum absolute atomic E-state index is 12.5. The van der Waals surface area contributed by atoms with Crippen molar-refractivity contribution in [2.24, 2.45) is 0 Å². The van der Waals surface area contributed by atoms with Gasteiger partial charge in [-0.15, -0.1) is 0 Å². The van der Waals surface area contributed by atoms with E-state index in [0.29, 0.717) is 12.1 Å². The largest absolute Gasteiger partial charge is 0.465 e. The Balaban J connectivity index is 1.60. The zero-order chi connectivity index (χ0) is 12.8. The summed E-state index contributed by atoms with van der Waals surface area (Å²) in [6.07, 6.45) is 8.33. The van der Waals surface area contributed by atoms with Crippen molar-refractivity contribution in [3.8, 4) is 0 Å². The Morgan fingerprint density at radius 2 is 2.32 bits per heavy atom. The van der Waals surface area contributed by atoms with Crippen LogP contribution in [0.3, 0.4) is 0 Å². The van der Waals surface area contributed by atoms with Crippen LogP contribution in [-0.4, -0.2) is 28.4 Å². The van der Waals surface area contributed by atoms with Crippen LogP contribution in [-0.2, 0) is 4.79 Å². The molecule has 1 N–H and O–H groups in total. The van der Waals surface area contributed by atoms with Gasteiger partial charge in [0.1, 0.15) is 11.3 Å². The molecule has 0 aromatic carbocycles. The van der Waals surface area contributed by atoms with E-state index < -0.39 is 0 Å². The number of fused-ring (bicyclic) bond motifs is 3. The number of thioether (sulfide) groups is 1. The van der Waals surface area contributed by atoms with Crippen molar-refractivity contribution >= 4 is 23.7 Å². The van der Waals surface area contributed by atoms with Gasteiger partial charge in [-0.25, -0.2) is 0 Å². The number of carbonyl (C=O) groups is 1. The second kappa shape index (κ2) is 4.42. The van der Waals surface area contributed by atoms with Gasteiger partial charge in [-0.05, 0) is 31.1 Å². The summed E-state index contributed by atoms with van der Waals surface area (Å²) in [6.45, 7) is 0. The van der Waals surface area contributed by atoms with Gasteiger partial charge >= 0.3 is 0 Å². The van der Waals surface area contributed by atoms with Crippen LogP contribution in [0.1, 0.15) is 31.4 Å². The van der Waals surface area contributed by atoms with Crippen molar-refractivity contribution in [1.29, 1.82) is 0 Å². The van der Waals surface area contributed by atoms with Crippen LogP contribution >= 0.6 is 11.8 Å². The van der Waals surface area contributed by atoms with Crippen LogP contribution in [0.25, 0.3) is 6.08 Å². The van der Waals surface area contributed by atoms with Crippen molar-refractivity contribution in [2.45, 2.75) is 43.3 Å². The molecule has 3 heterocycles. The maximum atomic E-state index is 12.5. The molecule has 1 aliphatic carbocycles. The number of carbonyl (C=O) groups excluding carboxylic acids is 1. The van der Waals surface area contributed by atoms with Crippen molar-refractivity contribution in [2.75, 3.05) is 0 Å². The maximum Gasteiger partial charge on any atom is 0.262 e. The molecular weight excluding hydrogens is 260 g/mol. The molecule has 3 atom stereocenters. The smallest absolute Gasteiger partial charge is 0.262 e. The van der Waals surface area contributed by atoms with E-state index in [4.69, 9.17) is 4.42 Å². The lowest BCUT2D eigenvalue weighted by Gasteiger charge is -2.29. The molecule has 0 bridgehead atoms. The Hall–Kier alpha value is -1.20. The Bertz CT molecular complexity index is 526. The summed E-state index contributed by atoms with van der Waals surface area (Å²) in [4.78, 5) is 15.4. The standard InChI is InChI=1S/C14H16N2O2S/c17-13-12(8-9-4-3-7-18-9)19-14-15-10-5-1-2-6-11(10)16(13)14/h3-4,7-8,10-11,14-15H,1-2,5-6H2. The van der Waals surface area contributed by atoms with Crippen LogP contribution in [0.5, 0.6) is 0 Å².